The lowest BCUT2D eigenvalue weighted by Crippen LogP contribution is -1.95. The Morgan fingerprint density at radius 2 is 0.808 bits per heavy atom. The van der Waals surface area contributed by atoms with Crippen molar-refractivity contribution >= 4 is 81.0 Å². The van der Waals surface area contributed by atoms with Crippen LogP contribution in [0.15, 0.2) is 108 Å². The lowest BCUT2D eigenvalue weighted by Gasteiger charge is -2.07. The molecule has 2 aromatic carbocycles. The van der Waals surface area contributed by atoms with Crippen LogP contribution < -0.4 is 0 Å². The fourth-order valence-corrected chi connectivity index (χ4v) is 8.32. The second-order valence-corrected chi connectivity index (χ2v) is 14.1. The Morgan fingerprint density at radius 3 is 1.13 bits per heavy atom. The molecule has 2 aliphatic heterocycles. The van der Waals surface area contributed by atoms with E-state index in [2.05, 4.69) is 45.0 Å². The average molecular weight is 715 g/mol. The van der Waals surface area contributed by atoms with Crippen molar-refractivity contribution in [1.29, 1.82) is 0 Å². The van der Waals surface area contributed by atoms with Crippen molar-refractivity contribution in [3.63, 3.8) is 0 Å². The number of hydrogen-bond donors (Lipinski definition) is 4. The van der Waals surface area contributed by atoms with E-state index in [9.17, 15) is 19.8 Å². The molecular weight excluding hydrogens is 689 g/mol. The molecule has 0 saturated carbocycles. The zero-order valence-electron chi connectivity index (χ0n) is 27.1. The maximum atomic E-state index is 11.8. The average Bonchev–Trinajstić information content (AvgIpc) is 4.00. The molecule has 7 aromatic rings. The highest BCUT2D eigenvalue weighted by atomic mass is 32.1. The molecule has 5 aromatic heterocycles. The Bertz CT molecular complexity index is 2580. The van der Waals surface area contributed by atoms with Crippen molar-refractivity contribution in [2.75, 3.05) is 0 Å². The van der Waals surface area contributed by atoms with E-state index in [1.54, 1.807) is 71.2 Å². The van der Waals surface area contributed by atoms with Gasteiger partial charge in [0.25, 0.3) is 0 Å². The van der Waals surface area contributed by atoms with Crippen molar-refractivity contribution in [2.45, 2.75) is 0 Å². The van der Waals surface area contributed by atoms with E-state index < -0.39 is 11.9 Å². The van der Waals surface area contributed by atoms with Gasteiger partial charge in [-0.1, -0.05) is 36.4 Å². The van der Waals surface area contributed by atoms with E-state index in [1.807, 2.05) is 48.6 Å². The van der Waals surface area contributed by atoms with Gasteiger partial charge in [0.15, 0.2) is 0 Å². The summed E-state index contributed by atoms with van der Waals surface area (Å²) in [6.45, 7) is 0. The summed E-state index contributed by atoms with van der Waals surface area (Å²) in [5.74, 6) is -2.00. The number of carboxylic acid groups (broad SMARTS) is 2. The molecule has 9 rings (SSSR count). The number of H-pyrrole nitrogens is 2. The number of nitrogens with one attached hydrogen (secondary N) is 2. The van der Waals surface area contributed by atoms with Gasteiger partial charge >= 0.3 is 11.9 Å². The smallest absolute Gasteiger partial charge is 0.335 e. The van der Waals surface area contributed by atoms with Gasteiger partial charge in [-0.3, -0.25) is 0 Å². The standard InChI is InChI=1S/C42H26N4O4S2/c47-41(48)25-9-5-23(6-10-25)37-27-13-14-28(43-27)38(24-7-11-26(12-8-24)42(49)50)30-16-18-32(45-30)40(36-4-2-22-52-36)34-20-19-33(46-34)39(35-3-1-21-51-35)31-17-15-29(37)44-31/h1-22,43,46H,(H,47,48)(H,49,50). The van der Waals surface area contributed by atoms with Crippen molar-refractivity contribution in [2.24, 2.45) is 0 Å². The van der Waals surface area contributed by atoms with Crippen molar-refractivity contribution in [1.82, 2.24) is 19.9 Å². The molecule has 0 saturated heterocycles. The van der Waals surface area contributed by atoms with E-state index >= 15 is 0 Å². The fourth-order valence-electron chi connectivity index (χ4n) is 6.73. The van der Waals surface area contributed by atoms with Crippen LogP contribution in [0.5, 0.6) is 0 Å². The van der Waals surface area contributed by atoms with Crippen LogP contribution in [-0.4, -0.2) is 42.1 Å². The van der Waals surface area contributed by atoms with Gasteiger partial charge in [-0.15, -0.1) is 22.7 Å². The molecule has 250 valence electrons. The maximum absolute atomic E-state index is 11.8. The summed E-state index contributed by atoms with van der Waals surface area (Å²) >= 11 is 3.28. The highest BCUT2D eigenvalue weighted by molar-refractivity contribution is 7.14. The van der Waals surface area contributed by atoms with Gasteiger partial charge in [0.2, 0.25) is 0 Å². The van der Waals surface area contributed by atoms with Crippen molar-refractivity contribution in [3.05, 3.63) is 142 Å². The molecule has 0 radical (unpaired) electrons. The Labute approximate surface area is 304 Å². The van der Waals surface area contributed by atoms with E-state index in [1.165, 1.54) is 0 Å². The second kappa shape index (κ2) is 12.6. The third-order valence-corrected chi connectivity index (χ3v) is 10.9. The number of aromatic carboxylic acids is 2. The number of benzene rings is 2. The lowest BCUT2D eigenvalue weighted by atomic mass is 10.0. The molecule has 0 amide bonds. The summed E-state index contributed by atoms with van der Waals surface area (Å²) in [7, 11) is 0. The largest absolute Gasteiger partial charge is 0.478 e. The molecule has 0 spiro atoms. The molecule has 4 N–H and O–H groups in total. The number of carboxylic acids is 2. The zero-order valence-corrected chi connectivity index (χ0v) is 28.8. The second-order valence-electron chi connectivity index (χ2n) is 12.2. The number of fused-ring (bicyclic) bond motifs is 8. The van der Waals surface area contributed by atoms with Gasteiger partial charge in [-0.25, -0.2) is 19.6 Å². The number of carbonyl (C=O) groups is 2. The first kappa shape index (κ1) is 31.4. The van der Waals surface area contributed by atoms with Gasteiger partial charge in [0, 0.05) is 54.1 Å². The van der Waals surface area contributed by atoms with Crippen LogP contribution in [0.1, 0.15) is 43.5 Å². The third-order valence-electron chi connectivity index (χ3n) is 9.13. The molecule has 8 nitrogen and oxygen atoms in total. The van der Waals surface area contributed by atoms with Gasteiger partial charge in [0.05, 0.1) is 33.9 Å². The molecular formula is C42H26N4O4S2. The first-order valence-electron chi connectivity index (χ1n) is 16.3. The summed E-state index contributed by atoms with van der Waals surface area (Å²) in [5, 5.41) is 23.4. The predicted octanol–water partition coefficient (Wildman–Crippen LogP) is 10.8. The van der Waals surface area contributed by atoms with Gasteiger partial charge in [-0.05, 0) is 107 Å². The predicted molar refractivity (Wildman–Crippen MR) is 210 cm³/mol. The van der Waals surface area contributed by atoms with Crippen LogP contribution in [0, 0.1) is 0 Å². The monoisotopic (exact) mass is 714 g/mol. The molecule has 0 aliphatic carbocycles. The van der Waals surface area contributed by atoms with E-state index in [-0.39, 0.29) is 11.1 Å². The summed E-state index contributed by atoms with van der Waals surface area (Å²) in [6.07, 6.45) is 8.03. The summed E-state index contributed by atoms with van der Waals surface area (Å²) in [6, 6.07) is 30.0. The third kappa shape index (κ3) is 5.47. The lowest BCUT2D eigenvalue weighted by molar-refractivity contribution is 0.0686. The maximum Gasteiger partial charge on any atom is 0.335 e. The Balaban J connectivity index is 1.44. The molecule has 0 fully saturated rings. The van der Waals surface area contributed by atoms with Gasteiger partial charge < -0.3 is 20.2 Å². The van der Waals surface area contributed by atoms with E-state index in [0.717, 1.165) is 76.6 Å². The minimum atomic E-state index is -1.000. The van der Waals surface area contributed by atoms with Crippen molar-refractivity contribution in [3.8, 4) is 43.1 Å². The highest BCUT2D eigenvalue weighted by Gasteiger charge is 2.20. The number of hydrogen-bond acceptors (Lipinski definition) is 6. The first-order chi connectivity index (χ1) is 25.4. The van der Waals surface area contributed by atoms with E-state index in [0.29, 0.717) is 11.4 Å². The molecule has 7 heterocycles. The van der Waals surface area contributed by atoms with E-state index in [4.69, 9.17) is 9.97 Å². The molecule has 2 aliphatic rings. The molecule has 0 unspecified atom stereocenters. The summed E-state index contributed by atoms with van der Waals surface area (Å²) in [5.41, 5.74) is 11.9. The van der Waals surface area contributed by atoms with Crippen LogP contribution in [0.2, 0.25) is 0 Å². The van der Waals surface area contributed by atoms with Crippen LogP contribution in [0.25, 0.3) is 89.5 Å². The summed E-state index contributed by atoms with van der Waals surface area (Å²) < 4.78 is 0. The van der Waals surface area contributed by atoms with Crippen LogP contribution in [-0.2, 0) is 0 Å². The number of aromatic amines is 2. The highest BCUT2D eigenvalue weighted by Crippen LogP contribution is 2.40. The fraction of sp³-hybridized carbons (Fsp3) is 0. The van der Waals surface area contributed by atoms with Gasteiger partial charge in [0.1, 0.15) is 0 Å². The minimum absolute atomic E-state index is 0.189. The number of thiophene rings is 2. The minimum Gasteiger partial charge on any atom is -0.478 e. The zero-order chi connectivity index (χ0) is 35.3. The van der Waals surface area contributed by atoms with Crippen LogP contribution in [0.3, 0.4) is 0 Å². The van der Waals surface area contributed by atoms with Crippen molar-refractivity contribution < 1.29 is 19.8 Å². The Morgan fingerprint density at radius 1 is 0.462 bits per heavy atom. The Kier molecular flexibility index (Phi) is 7.61. The quantitative estimate of drug-likeness (QED) is 0.136. The van der Waals surface area contributed by atoms with Crippen LogP contribution in [0.4, 0.5) is 0 Å². The molecule has 8 bridgehead atoms. The van der Waals surface area contributed by atoms with Crippen LogP contribution >= 0.6 is 22.7 Å². The Hall–Kier alpha value is -6.62. The molecule has 10 heteroatoms. The number of rotatable bonds is 6. The summed E-state index contributed by atoms with van der Waals surface area (Å²) in [4.78, 5) is 43.5. The number of aromatic nitrogens is 4. The topological polar surface area (TPSA) is 132 Å². The number of nitrogens with zero attached hydrogens (tertiary/aromatic N) is 2. The first-order valence-corrected chi connectivity index (χ1v) is 18.1. The molecule has 0 atom stereocenters. The normalized spacial score (nSPS) is 12.0. The SMILES string of the molecule is O=C(O)c1ccc(-c2c3nc(c(-c4cccs4)c4ccc([nH]4)c(-c4cccs4)c4nc(c(-c5ccc(C(=O)O)cc5)c5ccc2[nH]5)C=C4)C=C3)cc1. The van der Waals surface area contributed by atoms with Gasteiger partial charge in [-0.2, -0.15) is 0 Å². The molecule has 52 heavy (non-hydrogen) atoms.